The van der Waals surface area contributed by atoms with Gasteiger partial charge in [0.1, 0.15) is 5.82 Å². The number of sulfonamides is 1. The van der Waals surface area contributed by atoms with Crippen molar-refractivity contribution in [3.05, 3.63) is 52.5 Å². The number of hydrogen-bond acceptors (Lipinski definition) is 4. The molecule has 0 radical (unpaired) electrons. The van der Waals surface area contributed by atoms with Crippen LogP contribution in [-0.4, -0.2) is 19.3 Å². The fourth-order valence-electron chi connectivity index (χ4n) is 1.54. The number of primary sulfonamides is 1. The lowest BCUT2D eigenvalue weighted by atomic mass is 10.2. The summed E-state index contributed by atoms with van der Waals surface area (Å²) in [7, 11) is -4.07. The third kappa shape index (κ3) is 4.06. The van der Waals surface area contributed by atoms with E-state index in [1.165, 1.54) is 18.5 Å². The summed E-state index contributed by atoms with van der Waals surface area (Å²) in [4.78, 5) is 15.4. The summed E-state index contributed by atoms with van der Waals surface area (Å²) in [6.45, 7) is 0. The summed E-state index contributed by atoms with van der Waals surface area (Å²) in [5.74, 6) is -1.39. The lowest BCUT2D eigenvalue weighted by molar-refractivity contribution is 0.102. The Bertz CT molecular complexity index is 811. The minimum atomic E-state index is -4.07. The van der Waals surface area contributed by atoms with E-state index in [9.17, 15) is 17.6 Å². The number of anilines is 1. The summed E-state index contributed by atoms with van der Waals surface area (Å²) < 4.78 is 36.4. The van der Waals surface area contributed by atoms with Crippen LogP contribution in [0.15, 0.2) is 46.0 Å². The van der Waals surface area contributed by atoms with Gasteiger partial charge in [-0.05, 0) is 40.2 Å². The first-order valence-corrected chi connectivity index (χ1v) is 7.85. The molecule has 21 heavy (non-hydrogen) atoms. The molecule has 0 spiro atoms. The van der Waals surface area contributed by atoms with Crippen LogP contribution in [0.3, 0.4) is 0 Å². The minimum absolute atomic E-state index is 0.0241. The third-order valence-electron chi connectivity index (χ3n) is 2.42. The van der Waals surface area contributed by atoms with E-state index in [-0.39, 0.29) is 11.3 Å². The third-order valence-corrected chi connectivity index (χ3v) is 3.75. The largest absolute Gasteiger partial charge is 0.322 e. The van der Waals surface area contributed by atoms with Gasteiger partial charge in [0.25, 0.3) is 5.91 Å². The van der Waals surface area contributed by atoms with Crippen LogP contribution in [0.5, 0.6) is 0 Å². The Morgan fingerprint density at radius 1 is 1.24 bits per heavy atom. The van der Waals surface area contributed by atoms with Gasteiger partial charge in [-0.2, -0.15) is 0 Å². The van der Waals surface area contributed by atoms with Crippen LogP contribution in [-0.2, 0) is 10.0 Å². The Labute approximate surface area is 128 Å². The molecule has 110 valence electrons. The maximum atomic E-state index is 13.4. The van der Waals surface area contributed by atoms with Crippen molar-refractivity contribution in [3.63, 3.8) is 0 Å². The zero-order chi connectivity index (χ0) is 15.6. The molecule has 1 heterocycles. The highest BCUT2D eigenvalue weighted by Gasteiger charge is 2.13. The predicted molar refractivity (Wildman–Crippen MR) is 77.7 cm³/mol. The second kappa shape index (κ2) is 5.88. The van der Waals surface area contributed by atoms with E-state index < -0.39 is 26.6 Å². The van der Waals surface area contributed by atoms with Crippen molar-refractivity contribution in [3.8, 4) is 0 Å². The predicted octanol–water partition coefficient (Wildman–Crippen LogP) is 1.88. The van der Waals surface area contributed by atoms with Crippen molar-refractivity contribution >= 4 is 37.5 Å². The standard InChI is InChI=1S/C12H9BrFN3O3S/c13-8-1-7(5-16-6-8)12(18)17-10-2-9(14)3-11(4-10)21(15,19)20/h1-6H,(H,17,18)(H2,15,19,20). The average molecular weight is 374 g/mol. The number of aromatic nitrogens is 1. The van der Waals surface area contributed by atoms with Gasteiger partial charge in [0.15, 0.2) is 0 Å². The van der Waals surface area contributed by atoms with Gasteiger partial charge < -0.3 is 5.32 Å². The number of amides is 1. The number of nitrogens with zero attached hydrogens (tertiary/aromatic N) is 1. The zero-order valence-electron chi connectivity index (χ0n) is 10.4. The topological polar surface area (TPSA) is 102 Å². The van der Waals surface area contributed by atoms with Crippen molar-refractivity contribution in [2.75, 3.05) is 5.32 Å². The Kier molecular flexibility index (Phi) is 4.35. The van der Waals surface area contributed by atoms with Crippen molar-refractivity contribution < 1.29 is 17.6 Å². The molecule has 1 aromatic heterocycles. The van der Waals surface area contributed by atoms with E-state index in [0.29, 0.717) is 4.47 Å². The van der Waals surface area contributed by atoms with Crippen LogP contribution in [0.25, 0.3) is 0 Å². The molecule has 6 nitrogen and oxygen atoms in total. The zero-order valence-corrected chi connectivity index (χ0v) is 12.8. The molecule has 0 unspecified atom stereocenters. The number of halogens is 2. The van der Waals surface area contributed by atoms with Gasteiger partial charge in [-0.15, -0.1) is 0 Å². The van der Waals surface area contributed by atoms with Gasteiger partial charge in [-0.25, -0.2) is 17.9 Å². The highest BCUT2D eigenvalue weighted by Crippen LogP contribution is 2.18. The first kappa shape index (κ1) is 15.5. The number of nitrogens with two attached hydrogens (primary N) is 1. The lowest BCUT2D eigenvalue weighted by Gasteiger charge is -2.07. The van der Waals surface area contributed by atoms with Gasteiger partial charge >= 0.3 is 0 Å². The maximum Gasteiger partial charge on any atom is 0.257 e. The Balaban J connectivity index is 2.32. The molecule has 3 N–H and O–H groups in total. The quantitative estimate of drug-likeness (QED) is 0.857. The Morgan fingerprint density at radius 2 is 1.95 bits per heavy atom. The van der Waals surface area contributed by atoms with Gasteiger partial charge in [0, 0.05) is 22.6 Å². The van der Waals surface area contributed by atoms with E-state index in [4.69, 9.17) is 5.14 Å². The molecule has 1 amide bonds. The number of hydrogen-bond donors (Lipinski definition) is 2. The fourth-order valence-corrected chi connectivity index (χ4v) is 2.47. The molecule has 0 fully saturated rings. The Hall–Kier alpha value is -1.84. The molecule has 9 heteroatoms. The summed E-state index contributed by atoms with van der Waals surface area (Å²) in [5, 5.41) is 7.31. The molecular formula is C12H9BrFN3O3S. The van der Waals surface area contributed by atoms with Crippen LogP contribution >= 0.6 is 15.9 Å². The SMILES string of the molecule is NS(=O)(=O)c1cc(F)cc(NC(=O)c2cncc(Br)c2)c1. The number of rotatable bonds is 3. The molecule has 0 bridgehead atoms. The van der Waals surface area contributed by atoms with Gasteiger partial charge in [0.05, 0.1) is 10.5 Å². The normalized spacial score (nSPS) is 11.2. The first-order chi connectivity index (χ1) is 9.75. The molecule has 0 saturated carbocycles. The van der Waals surface area contributed by atoms with Crippen molar-refractivity contribution in [2.45, 2.75) is 4.90 Å². The smallest absolute Gasteiger partial charge is 0.257 e. The van der Waals surface area contributed by atoms with Crippen molar-refractivity contribution in [2.24, 2.45) is 5.14 Å². The van der Waals surface area contributed by atoms with E-state index in [2.05, 4.69) is 26.2 Å². The van der Waals surface area contributed by atoms with Crippen molar-refractivity contribution in [1.82, 2.24) is 4.98 Å². The summed E-state index contributed by atoms with van der Waals surface area (Å²) in [5.41, 5.74) is 0.204. The summed E-state index contributed by atoms with van der Waals surface area (Å²) in [6.07, 6.45) is 2.82. The number of nitrogens with one attached hydrogen (secondary N) is 1. The monoisotopic (exact) mass is 373 g/mol. The van der Waals surface area contributed by atoms with Gasteiger partial charge in [-0.1, -0.05) is 0 Å². The number of carbonyl (C=O) groups excluding carboxylic acids is 1. The van der Waals surface area contributed by atoms with Crippen LogP contribution in [0.4, 0.5) is 10.1 Å². The maximum absolute atomic E-state index is 13.4. The lowest BCUT2D eigenvalue weighted by Crippen LogP contribution is -2.15. The molecule has 0 aliphatic carbocycles. The van der Waals surface area contributed by atoms with E-state index in [1.54, 1.807) is 0 Å². The van der Waals surface area contributed by atoms with Crippen LogP contribution in [0, 0.1) is 5.82 Å². The number of benzene rings is 1. The fraction of sp³-hybridized carbons (Fsp3) is 0. The Morgan fingerprint density at radius 3 is 2.57 bits per heavy atom. The highest BCUT2D eigenvalue weighted by molar-refractivity contribution is 9.10. The summed E-state index contributed by atoms with van der Waals surface area (Å²) >= 11 is 3.17. The van der Waals surface area contributed by atoms with Crippen LogP contribution < -0.4 is 10.5 Å². The molecule has 0 aliphatic rings. The second-order valence-corrected chi connectivity index (χ2v) is 6.54. The molecule has 0 aliphatic heterocycles. The van der Waals surface area contributed by atoms with Crippen LogP contribution in [0.2, 0.25) is 0 Å². The first-order valence-electron chi connectivity index (χ1n) is 5.51. The molecule has 1 aromatic carbocycles. The van der Waals surface area contributed by atoms with Crippen LogP contribution in [0.1, 0.15) is 10.4 Å². The second-order valence-electron chi connectivity index (χ2n) is 4.07. The molecule has 2 rings (SSSR count). The number of pyridine rings is 1. The highest BCUT2D eigenvalue weighted by atomic mass is 79.9. The molecule has 2 aromatic rings. The van der Waals surface area contributed by atoms with E-state index in [1.807, 2.05) is 0 Å². The minimum Gasteiger partial charge on any atom is -0.322 e. The average Bonchev–Trinajstić information content (AvgIpc) is 2.37. The molecule has 0 atom stereocenters. The molecule has 0 saturated heterocycles. The van der Waals surface area contributed by atoms with Gasteiger partial charge in [0.2, 0.25) is 10.0 Å². The molecular weight excluding hydrogens is 365 g/mol. The summed E-state index contributed by atoms with van der Waals surface area (Å²) in [6, 6.07) is 4.34. The van der Waals surface area contributed by atoms with Crippen molar-refractivity contribution in [1.29, 1.82) is 0 Å². The van der Waals surface area contributed by atoms with E-state index >= 15 is 0 Å². The van der Waals surface area contributed by atoms with Gasteiger partial charge in [-0.3, -0.25) is 9.78 Å². The number of carbonyl (C=O) groups is 1. The van der Waals surface area contributed by atoms with E-state index in [0.717, 1.165) is 18.2 Å².